The van der Waals surface area contributed by atoms with Gasteiger partial charge in [0.15, 0.2) is 0 Å². The summed E-state index contributed by atoms with van der Waals surface area (Å²) in [4.78, 5) is 16.9. The number of rotatable bonds is 3. The third-order valence-electron chi connectivity index (χ3n) is 3.32. The Morgan fingerprint density at radius 2 is 1.71 bits per heavy atom. The van der Waals surface area contributed by atoms with Gasteiger partial charge in [-0.05, 0) is 27.7 Å². The zero-order valence-corrected chi connectivity index (χ0v) is 11.9. The van der Waals surface area contributed by atoms with Crippen molar-refractivity contribution >= 4 is 5.97 Å². The van der Waals surface area contributed by atoms with Crippen LogP contribution in [0.15, 0.2) is 0 Å². The van der Waals surface area contributed by atoms with Crippen LogP contribution in [0.2, 0.25) is 0 Å². The summed E-state index contributed by atoms with van der Waals surface area (Å²) in [7, 11) is 1.70. The van der Waals surface area contributed by atoms with Gasteiger partial charge in [-0.3, -0.25) is 4.79 Å². The normalized spacial score (nSPS) is 24.6. The van der Waals surface area contributed by atoms with Gasteiger partial charge in [-0.15, -0.1) is 0 Å². The predicted octanol–water partition coefficient (Wildman–Crippen LogP) is 2.52. The van der Waals surface area contributed by atoms with Crippen LogP contribution >= 0.6 is 0 Å². The Morgan fingerprint density at radius 3 is 2.06 bits per heavy atom. The van der Waals surface area contributed by atoms with Gasteiger partial charge >= 0.3 is 5.97 Å². The van der Waals surface area contributed by atoms with Crippen LogP contribution in [0, 0.1) is 0 Å². The summed E-state index contributed by atoms with van der Waals surface area (Å²) in [6.45, 7) is 10.3. The summed E-state index contributed by atoms with van der Waals surface area (Å²) in [5.41, 5.74) is -0.260. The van der Waals surface area contributed by atoms with E-state index < -0.39 is 0 Å². The summed E-state index contributed by atoms with van der Waals surface area (Å²) in [6, 6.07) is 0. The Balaban J connectivity index is 2.80. The van der Waals surface area contributed by atoms with Gasteiger partial charge < -0.3 is 9.57 Å². The lowest BCUT2D eigenvalue weighted by molar-refractivity contribution is -0.278. The second-order valence-corrected chi connectivity index (χ2v) is 5.98. The molecule has 0 aromatic carbocycles. The number of piperidine rings is 1. The SMILES string of the molecule is CCC(=O)OC1CC(C)(C)N(OC)C(C)(C)C1. The number of hydroxylamine groups is 2. The van der Waals surface area contributed by atoms with E-state index in [1.165, 1.54) is 0 Å². The molecule has 1 fully saturated rings. The minimum Gasteiger partial charge on any atom is -0.462 e. The van der Waals surface area contributed by atoms with Crippen LogP contribution in [0.4, 0.5) is 0 Å². The van der Waals surface area contributed by atoms with Crippen LogP contribution in [0.3, 0.4) is 0 Å². The fourth-order valence-corrected chi connectivity index (χ4v) is 3.02. The number of hydrogen-bond donors (Lipinski definition) is 0. The third-order valence-corrected chi connectivity index (χ3v) is 3.32. The largest absolute Gasteiger partial charge is 0.462 e. The number of nitrogens with zero attached hydrogens (tertiary/aromatic N) is 1. The van der Waals surface area contributed by atoms with Crippen LogP contribution in [-0.2, 0) is 14.4 Å². The van der Waals surface area contributed by atoms with Gasteiger partial charge in [0.25, 0.3) is 0 Å². The van der Waals surface area contributed by atoms with Gasteiger partial charge in [-0.25, -0.2) is 0 Å². The van der Waals surface area contributed by atoms with Crippen molar-refractivity contribution in [3.05, 3.63) is 0 Å². The Kier molecular flexibility index (Phi) is 4.20. The Morgan fingerprint density at radius 1 is 1.24 bits per heavy atom. The first-order chi connectivity index (χ1) is 7.73. The molecule has 1 aliphatic rings. The molecular weight excluding hydrogens is 218 g/mol. The molecule has 0 radical (unpaired) electrons. The summed E-state index contributed by atoms with van der Waals surface area (Å²) >= 11 is 0. The quantitative estimate of drug-likeness (QED) is 0.714. The Labute approximate surface area is 104 Å². The van der Waals surface area contributed by atoms with Crippen molar-refractivity contribution in [3.8, 4) is 0 Å². The van der Waals surface area contributed by atoms with Crippen molar-refractivity contribution in [2.24, 2.45) is 0 Å². The average molecular weight is 243 g/mol. The highest BCUT2D eigenvalue weighted by molar-refractivity contribution is 5.69. The average Bonchev–Trinajstić information content (AvgIpc) is 2.14. The molecule has 100 valence electrons. The second kappa shape index (κ2) is 4.94. The zero-order chi connectivity index (χ0) is 13.3. The van der Waals surface area contributed by atoms with Crippen molar-refractivity contribution in [2.45, 2.75) is 71.1 Å². The van der Waals surface area contributed by atoms with Gasteiger partial charge in [0.1, 0.15) is 6.10 Å². The first-order valence-electron chi connectivity index (χ1n) is 6.27. The van der Waals surface area contributed by atoms with Gasteiger partial charge in [0, 0.05) is 30.3 Å². The monoisotopic (exact) mass is 243 g/mol. The molecule has 0 atom stereocenters. The highest BCUT2D eigenvalue weighted by Gasteiger charge is 2.47. The fraction of sp³-hybridized carbons (Fsp3) is 0.923. The van der Waals surface area contributed by atoms with E-state index in [9.17, 15) is 4.79 Å². The number of carbonyl (C=O) groups excluding carboxylic acids is 1. The highest BCUT2D eigenvalue weighted by Crippen LogP contribution is 2.39. The van der Waals surface area contributed by atoms with Crippen molar-refractivity contribution in [2.75, 3.05) is 7.11 Å². The Bertz CT molecular complexity index is 268. The van der Waals surface area contributed by atoms with E-state index in [4.69, 9.17) is 9.57 Å². The van der Waals surface area contributed by atoms with Gasteiger partial charge in [0.2, 0.25) is 0 Å². The maximum atomic E-state index is 11.4. The van der Waals surface area contributed by atoms with Crippen molar-refractivity contribution in [1.29, 1.82) is 0 Å². The number of esters is 1. The molecule has 0 saturated carbocycles. The van der Waals surface area contributed by atoms with Gasteiger partial charge in [-0.2, -0.15) is 5.06 Å². The molecule has 0 bridgehead atoms. The lowest BCUT2D eigenvalue weighted by atomic mass is 9.80. The first-order valence-corrected chi connectivity index (χ1v) is 6.27. The third kappa shape index (κ3) is 3.19. The predicted molar refractivity (Wildman–Crippen MR) is 66.4 cm³/mol. The molecule has 17 heavy (non-hydrogen) atoms. The molecule has 1 saturated heterocycles. The zero-order valence-electron chi connectivity index (χ0n) is 11.9. The minimum atomic E-state index is -0.130. The van der Waals surface area contributed by atoms with E-state index in [1.807, 2.05) is 12.0 Å². The van der Waals surface area contributed by atoms with Crippen LogP contribution in [0.25, 0.3) is 0 Å². The molecule has 1 heterocycles. The summed E-state index contributed by atoms with van der Waals surface area (Å²) < 4.78 is 5.48. The van der Waals surface area contributed by atoms with E-state index in [0.29, 0.717) is 6.42 Å². The van der Waals surface area contributed by atoms with E-state index in [2.05, 4.69) is 27.7 Å². The second-order valence-electron chi connectivity index (χ2n) is 5.98. The van der Waals surface area contributed by atoms with Crippen LogP contribution in [0.1, 0.15) is 53.9 Å². The van der Waals surface area contributed by atoms with Crippen molar-refractivity contribution in [3.63, 3.8) is 0 Å². The number of ether oxygens (including phenoxy) is 1. The molecule has 4 heteroatoms. The lowest BCUT2D eigenvalue weighted by Gasteiger charge is -2.52. The molecule has 4 nitrogen and oxygen atoms in total. The van der Waals surface area contributed by atoms with E-state index in [1.54, 1.807) is 7.11 Å². The van der Waals surface area contributed by atoms with E-state index in [0.717, 1.165) is 12.8 Å². The molecule has 0 aliphatic carbocycles. The lowest BCUT2D eigenvalue weighted by Crippen LogP contribution is -2.61. The minimum absolute atomic E-state index is 0.0150. The first kappa shape index (κ1) is 14.5. The van der Waals surface area contributed by atoms with Crippen LogP contribution < -0.4 is 0 Å². The van der Waals surface area contributed by atoms with Crippen molar-refractivity contribution < 1.29 is 14.4 Å². The number of carbonyl (C=O) groups is 1. The maximum Gasteiger partial charge on any atom is 0.305 e. The van der Waals surface area contributed by atoms with Gasteiger partial charge in [0.05, 0.1) is 7.11 Å². The standard InChI is InChI=1S/C13H25NO3/c1-7-11(15)17-10-8-12(2,3)14(16-6)13(4,5)9-10/h10H,7-9H2,1-6H3. The molecule has 0 unspecified atom stereocenters. The van der Waals surface area contributed by atoms with Crippen molar-refractivity contribution in [1.82, 2.24) is 5.06 Å². The van der Waals surface area contributed by atoms with Crippen LogP contribution in [-0.4, -0.2) is 35.3 Å². The molecule has 1 rings (SSSR count). The van der Waals surface area contributed by atoms with E-state index in [-0.39, 0.29) is 23.2 Å². The van der Waals surface area contributed by atoms with Crippen LogP contribution in [0.5, 0.6) is 0 Å². The molecule has 0 aromatic rings. The Hall–Kier alpha value is -0.610. The fourth-order valence-electron chi connectivity index (χ4n) is 3.02. The summed E-state index contributed by atoms with van der Waals surface area (Å²) in [6.07, 6.45) is 2.02. The molecule has 0 N–H and O–H groups in total. The summed E-state index contributed by atoms with van der Waals surface area (Å²) in [5.74, 6) is -0.118. The topological polar surface area (TPSA) is 38.8 Å². The molecule has 1 aliphatic heterocycles. The maximum absolute atomic E-state index is 11.4. The molecule has 0 amide bonds. The molecular formula is C13H25NO3. The molecule has 0 aromatic heterocycles. The number of hydrogen-bond acceptors (Lipinski definition) is 4. The summed E-state index contributed by atoms with van der Waals surface area (Å²) in [5, 5.41) is 2.01. The van der Waals surface area contributed by atoms with E-state index >= 15 is 0 Å². The highest BCUT2D eigenvalue weighted by atomic mass is 16.7. The van der Waals surface area contributed by atoms with Gasteiger partial charge in [-0.1, -0.05) is 6.92 Å². The smallest absolute Gasteiger partial charge is 0.305 e. The molecule has 0 spiro atoms.